The van der Waals surface area contributed by atoms with E-state index in [1.165, 1.54) is 5.56 Å². The van der Waals surface area contributed by atoms with Crippen LogP contribution < -0.4 is 4.74 Å². The minimum atomic E-state index is -0.194. The first-order valence-corrected chi connectivity index (χ1v) is 5.85. The number of hydrogen-bond acceptors (Lipinski definition) is 1. The van der Waals surface area contributed by atoms with Crippen LogP contribution in [0.2, 0.25) is 0 Å². The van der Waals surface area contributed by atoms with Crippen LogP contribution in [0.1, 0.15) is 25.8 Å². The summed E-state index contributed by atoms with van der Waals surface area (Å²) in [6.45, 7) is 4.28. The lowest BCUT2D eigenvalue weighted by molar-refractivity contribution is 0.141. The van der Waals surface area contributed by atoms with Crippen molar-refractivity contribution in [3.8, 4) is 5.75 Å². The third-order valence-electron chi connectivity index (χ3n) is 2.92. The molecule has 0 bridgehead atoms. The molecule has 1 heteroatoms. The van der Waals surface area contributed by atoms with Crippen molar-refractivity contribution in [2.45, 2.75) is 32.3 Å². The molecule has 1 atom stereocenters. The van der Waals surface area contributed by atoms with Gasteiger partial charge in [0.2, 0.25) is 0 Å². The smallest absolute Gasteiger partial charge is 0.128 e. The van der Waals surface area contributed by atoms with Gasteiger partial charge in [0.1, 0.15) is 11.4 Å². The van der Waals surface area contributed by atoms with Crippen molar-refractivity contribution in [1.82, 2.24) is 0 Å². The summed E-state index contributed by atoms with van der Waals surface area (Å²) < 4.78 is 6.13. The van der Waals surface area contributed by atoms with Crippen molar-refractivity contribution in [3.05, 3.63) is 54.1 Å². The molecule has 0 radical (unpaired) electrons. The maximum absolute atomic E-state index is 6.13. The first-order valence-electron chi connectivity index (χ1n) is 5.85. The van der Waals surface area contributed by atoms with E-state index in [1.54, 1.807) is 0 Å². The molecule has 0 fully saturated rings. The first kappa shape index (κ1) is 11.0. The van der Waals surface area contributed by atoms with Gasteiger partial charge in [-0.2, -0.15) is 0 Å². The number of allylic oxidation sites excluding steroid dienone is 2. The maximum atomic E-state index is 6.13. The molecule has 0 amide bonds. The lowest BCUT2D eigenvalue weighted by Crippen LogP contribution is -2.30. The number of aryl methyl sites for hydroxylation is 1. The second-order valence-electron chi connectivity index (χ2n) is 4.37. The largest absolute Gasteiger partial charge is 0.483 e. The monoisotopic (exact) mass is 214 g/mol. The van der Waals surface area contributed by atoms with Crippen LogP contribution in [0, 0.1) is 0 Å². The van der Waals surface area contributed by atoms with Crippen LogP contribution in [0.4, 0.5) is 0 Å². The third-order valence-corrected chi connectivity index (χ3v) is 2.92. The fraction of sp³-hybridized carbons (Fsp3) is 0.333. The molecule has 0 saturated carbocycles. The second kappa shape index (κ2) is 4.56. The van der Waals surface area contributed by atoms with E-state index in [4.69, 9.17) is 4.74 Å². The summed E-state index contributed by atoms with van der Waals surface area (Å²) in [5.41, 5.74) is 1.08. The molecule has 16 heavy (non-hydrogen) atoms. The fourth-order valence-electron chi connectivity index (χ4n) is 1.93. The normalized spacial score (nSPS) is 23.4. The van der Waals surface area contributed by atoms with E-state index in [2.05, 4.69) is 56.4 Å². The molecular weight excluding hydrogens is 196 g/mol. The Bertz CT molecular complexity index is 417. The zero-order valence-electron chi connectivity index (χ0n) is 9.94. The molecule has 1 aromatic carbocycles. The highest BCUT2D eigenvalue weighted by Crippen LogP contribution is 2.28. The number of benzene rings is 1. The van der Waals surface area contributed by atoms with Crippen LogP contribution in [0.25, 0.3) is 0 Å². The Morgan fingerprint density at radius 3 is 2.75 bits per heavy atom. The molecule has 0 spiro atoms. The minimum absolute atomic E-state index is 0.194. The van der Waals surface area contributed by atoms with Crippen LogP contribution in [-0.2, 0) is 6.42 Å². The van der Waals surface area contributed by atoms with Gasteiger partial charge in [0.25, 0.3) is 0 Å². The van der Waals surface area contributed by atoms with E-state index >= 15 is 0 Å². The Labute approximate surface area is 97.4 Å². The standard InChI is InChI=1S/C15H18O/c1-3-13-9-5-6-10-14(13)16-15(2)11-7-4-8-12-15/h4-11H,3,12H2,1-2H3. The Kier molecular flexibility index (Phi) is 3.14. The van der Waals surface area contributed by atoms with Gasteiger partial charge >= 0.3 is 0 Å². The predicted molar refractivity (Wildman–Crippen MR) is 67.8 cm³/mol. The van der Waals surface area contributed by atoms with Gasteiger partial charge in [0.15, 0.2) is 0 Å². The van der Waals surface area contributed by atoms with Gasteiger partial charge < -0.3 is 4.74 Å². The zero-order chi connectivity index (χ0) is 11.4. The van der Waals surface area contributed by atoms with E-state index in [1.807, 2.05) is 6.07 Å². The van der Waals surface area contributed by atoms with Crippen molar-refractivity contribution in [2.24, 2.45) is 0 Å². The topological polar surface area (TPSA) is 9.23 Å². The molecule has 1 nitrogen and oxygen atoms in total. The Balaban J connectivity index is 2.20. The molecule has 0 saturated heterocycles. The molecule has 1 aliphatic carbocycles. The van der Waals surface area contributed by atoms with E-state index in [0.717, 1.165) is 18.6 Å². The minimum Gasteiger partial charge on any atom is -0.483 e. The summed E-state index contributed by atoms with van der Waals surface area (Å²) in [5.74, 6) is 1.01. The van der Waals surface area contributed by atoms with E-state index in [-0.39, 0.29) is 5.60 Å². The lowest BCUT2D eigenvalue weighted by atomic mass is 9.97. The predicted octanol–water partition coefficient (Wildman–Crippen LogP) is 3.90. The van der Waals surface area contributed by atoms with Crippen LogP contribution in [0.15, 0.2) is 48.6 Å². The quantitative estimate of drug-likeness (QED) is 0.741. The molecule has 1 aromatic rings. The Morgan fingerprint density at radius 2 is 2.06 bits per heavy atom. The van der Waals surface area contributed by atoms with Crippen LogP contribution in [0.5, 0.6) is 5.75 Å². The van der Waals surface area contributed by atoms with E-state index in [0.29, 0.717) is 0 Å². The molecular formula is C15H18O. The maximum Gasteiger partial charge on any atom is 0.128 e. The lowest BCUT2D eigenvalue weighted by Gasteiger charge is -2.29. The van der Waals surface area contributed by atoms with Crippen LogP contribution in [0.3, 0.4) is 0 Å². The van der Waals surface area contributed by atoms with Gasteiger partial charge in [0, 0.05) is 6.42 Å². The van der Waals surface area contributed by atoms with Gasteiger partial charge in [0.05, 0.1) is 0 Å². The number of para-hydroxylation sites is 1. The summed E-state index contributed by atoms with van der Waals surface area (Å²) in [7, 11) is 0. The van der Waals surface area contributed by atoms with Crippen molar-refractivity contribution in [2.75, 3.05) is 0 Å². The summed E-state index contributed by atoms with van der Waals surface area (Å²) in [5, 5.41) is 0. The van der Waals surface area contributed by atoms with Crippen molar-refractivity contribution < 1.29 is 4.74 Å². The Hall–Kier alpha value is -1.50. The SMILES string of the molecule is CCc1ccccc1OC1(C)C=CC=CC1. The molecule has 1 unspecified atom stereocenters. The highest BCUT2D eigenvalue weighted by Gasteiger charge is 2.23. The highest BCUT2D eigenvalue weighted by molar-refractivity contribution is 5.35. The molecule has 0 N–H and O–H groups in total. The van der Waals surface area contributed by atoms with Crippen LogP contribution in [-0.4, -0.2) is 5.60 Å². The molecule has 84 valence electrons. The van der Waals surface area contributed by atoms with Crippen molar-refractivity contribution in [3.63, 3.8) is 0 Å². The van der Waals surface area contributed by atoms with E-state index in [9.17, 15) is 0 Å². The molecule has 2 rings (SSSR count). The summed E-state index contributed by atoms with van der Waals surface area (Å²) in [4.78, 5) is 0. The fourth-order valence-corrected chi connectivity index (χ4v) is 1.93. The Morgan fingerprint density at radius 1 is 1.25 bits per heavy atom. The molecule has 1 aliphatic rings. The molecule has 0 heterocycles. The van der Waals surface area contributed by atoms with Gasteiger partial charge in [-0.15, -0.1) is 0 Å². The number of rotatable bonds is 3. The van der Waals surface area contributed by atoms with Gasteiger partial charge in [-0.1, -0.05) is 43.4 Å². The molecule has 0 aliphatic heterocycles. The van der Waals surface area contributed by atoms with Crippen LogP contribution >= 0.6 is 0 Å². The average molecular weight is 214 g/mol. The van der Waals surface area contributed by atoms with Gasteiger partial charge in [-0.3, -0.25) is 0 Å². The van der Waals surface area contributed by atoms with Gasteiger partial charge in [-0.25, -0.2) is 0 Å². The summed E-state index contributed by atoms with van der Waals surface area (Å²) >= 11 is 0. The highest BCUT2D eigenvalue weighted by atomic mass is 16.5. The number of ether oxygens (including phenoxy) is 1. The molecule has 0 aromatic heterocycles. The average Bonchev–Trinajstić information content (AvgIpc) is 2.30. The first-order chi connectivity index (χ1) is 7.73. The zero-order valence-corrected chi connectivity index (χ0v) is 9.94. The van der Waals surface area contributed by atoms with E-state index < -0.39 is 0 Å². The number of hydrogen-bond donors (Lipinski definition) is 0. The summed E-state index contributed by atoms with van der Waals surface area (Å²) in [6, 6.07) is 8.27. The third kappa shape index (κ3) is 2.35. The second-order valence-corrected chi connectivity index (χ2v) is 4.37. The van der Waals surface area contributed by atoms with Crippen molar-refractivity contribution >= 4 is 0 Å². The van der Waals surface area contributed by atoms with Gasteiger partial charge in [-0.05, 0) is 31.1 Å². The summed E-state index contributed by atoms with van der Waals surface area (Å²) in [6.07, 6.45) is 10.3. The van der Waals surface area contributed by atoms with Crippen molar-refractivity contribution in [1.29, 1.82) is 0 Å².